The van der Waals surface area contributed by atoms with E-state index in [1.807, 2.05) is 44.2 Å². The Balaban J connectivity index is 2.82. The lowest BCUT2D eigenvalue weighted by Gasteiger charge is -2.32. The third-order valence-electron chi connectivity index (χ3n) is 4.38. The molecule has 4 atom stereocenters. The molecule has 0 aliphatic carbocycles. The topological polar surface area (TPSA) is 71.1 Å². The number of para-hydroxylation sites is 1. The number of esters is 2. The van der Waals surface area contributed by atoms with Crippen LogP contribution in [0.1, 0.15) is 67.7 Å². The third kappa shape index (κ3) is 9.61. The van der Waals surface area contributed by atoms with Crippen LogP contribution in [0.2, 0.25) is 0 Å². The summed E-state index contributed by atoms with van der Waals surface area (Å²) in [6.07, 6.45) is 0.315. The summed E-state index contributed by atoms with van der Waals surface area (Å²) in [5, 5.41) is 0. The Morgan fingerprint density at radius 3 is 2.20 bits per heavy atom. The highest BCUT2D eigenvalue weighted by Crippen LogP contribution is 2.21. The van der Waals surface area contributed by atoms with Crippen LogP contribution in [0.4, 0.5) is 0 Å². The van der Waals surface area contributed by atoms with Gasteiger partial charge in [0, 0.05) is 6.61 Å². The molecule has 1 aromatic rings. The fourth-order valence-electron chi connectivity index (χ4n) is 2.93. The van der Waals surface area contributed by atoms with Crippen LogP contribution in [0.5, 0.6) is 5.75 Å². The number of hydrogen-bond acceptors (Lipinski definition) is 6. The molecule has 0 unspecified atom stereocenters. The maximum absolute atomic E-state index is 12.6. The zero-order valence-corrected chi connectivity index (χ0v) is 19.5. The van der Waals surface area contributed by atoms with Crippen LogP contribution in [-0.2, 0) is 23.8 Å². The average Bonchev–Trinajstić information content (AvgIpc) is 2.66. The summed E-state index contributed by atoms with van der Waals surface area (Å²) >= 11 is 0. The number of ether oxygens (including phenoxy) is 4. The maximum atomic E-state index is 12.6. The third-order valence-corrected chi connectivity index (χ3v) is 4.38. The molecule has 0 fully saturated rings. The van der Waals surface area contributed by atoms with Gasteiger partial charge in [0.15, 0.2) is 6.10 Å². The van der Waals surface area contributed by atoms with Gasteiger partial charge in [0.1, 0.15) is 17.5 Å². The molecular weight excluding hydrogens is 384 g/mol. The summed E-state index contributed by atoms with van der Waals surface area (Å²) in [5.41, 5.74) is -0.590. The summed E-state index contributed by atoms with van der Waals surface area (Å²) in [7, 11) is 0. The van der Waals surface area contributed by atoms with Gasteiger partial charge in [0.25, 0.3) is 0 Å². The van der Waals surface area contributed by atoms with E-state index in [0.29, 0.717) is 18.8 Å². The van der Waals surface area contributed by atoms with Crippen molar-refractivity contribution in [2.75, 3.05) is 6.61 Å². The van der Waals surface area contributed by atoms with E-state index < -0.39 is 35.7 Å². The van der Waals surface area contributed by atoms with Crippen LogP contribution in [0.15, 0.2) is 30.3 Å². The van der Waals surface area contributed by atoms with Crippen LogP contribution < -0.4 is 4.74 Å². The average molecular weight is 423 g/mol. The Bertz CT molecular complexity index is 637. The van der Waals surface area contributed by atoms with Crippen LogP contribution in [0.25, 0.3) is 0 Å². The van der Waals surface area contributed by atoms with E-state index in [-0.39, 0.29) is 12.5 Å². The predicted octanol–water partition coefficient (Wildman–Crippen LogP) is 4.94. The van der Waals surface area contributed by atoms with E-state index in [1.165, 1.54) is 0 Å². The lowest BCUT2D eigenvalue weighted by Crippen LogP contribution is -2.45. The van der Waals surface area contributed by atoms with Gasteiger partial charge in [-0.15, -0.1) is 0 Å². The van der Waals surface area contributed by atoms with Crippen LogP contribution in [0.3, 0.4) is 0 Å². The lowest BCUT2D eigenvalue weighted by atomic mass is 10.0. The van der Waals surface area contributed by atoms with Crippen molar-refractivity contribution >= 4 is 11.9 Å². The van der Waals surface area contributed by atoms with Crippen molar-refractivity contribution in [1.29, 1.82) is 0 Å². The smallest absolute Gasteiger partial charge is 0.309 e. The molecule has 0 N–H and O–H groups in total. The Labute approximate surface area is 181 Å². The molecule has 0 aliphatic rings. The number of hydrogen-bond donors (Lipinski definition) is 0. The monoisotopic (exact) mass is 422 g/mol. The number of benzene rings is 1. The van der Waals surface area contributed by atoms with Crippen molar-refractivity contribution in [3.63, 3.8) is 0 Å². The van der Waals surface area contributed by atoms with Crippen molar-refractivity contribution in [3.8, 4) is 5.75 Å². The molecule has 30 heavy (non-hydrogen) atoms. The molecule has 170 valence electrons. The first-order valence-electron chi connectivity index (χ1n) is 10.8. The van der Waals surface area contributed by atoms with E-state index in [1.54, 1.807) is 34.6 Å². The lowest BCUT2D eigenvalue weighted by molar-refractivity contribution is -0.168. The second kappa shape index (κ2) is 12.6. The summed E-state index contributed by atoms with van der Waals surface area (Å²) in [5.74, 6) is -0.808. The van der Waals surface area contributed by atoms with E-state index in [9.17, 15) is 9.59 Å². The Kier molecular flexibility index (Phi) is 10.9. The number of carbonyl (C=O) groups is 2. The van der Waals surface area contributed by atoms with Gasteiger partial charge in [-0.3, -0.25) is 9.59 Å². The van der Waals surface area contributed by atoms with Gasteiger partial charge in [-0.05, 0) is 52.7 Å². The van der Waals surface area contributed by atoms with Crippen LogP contribution >= 0.6 is 0 Å². The van der Waals surface area contributed by atoms with Gasteiger partial charge in [0.05, 0.1) is 18.4 Å². The molecule has 0 heterocycles. The fourth-order valence-corrected chi connectivity index (χ4v) is 2.93. The minimum atomic E-state index is -0.615. The second-order valence-corrected chi connectivity index (χ2v) is 8.55. The van der Waals surface area contributed by atoms with Crippen molar-refractivity contribution in [2.45, 2.75) is 91.6 Å². The first-order chi connectivity index (χ1) is 14.1. The zero-order chi connectivity index (χ0) is 22.7. The van der Waals surface area contributed by atoms with Gasteiger partial charge >= 0.3 is 11.9 Å². The van der Waals surface area contributed by atoms with Crippen molar-refractivity contribution in [2.24, 2.45) is 5.92 Å². The molecule has 0 aliphatic heterocycles. The molecule has 0 spiro atoms. The molecule has 1 aromatic carbocycles. The molecule has 0 aromatic heterocycles. The molecule has 1 rings (SSSR count). The van der Waals surface area contributed by atoms with E-state index in [4.69, 9.17) is 18.9 Å². The number of rotatable bonds is 12. The highest BCUT2D eigenvalue weighted by Gasteiger charge is 2.33. The molecule has 6 heteroatoms. The molecule has 0 amide bonds. The quantitative estimate of drug-likeness (QED) is 0.444. The predicted molar refractivity (Wildman–Crippen MR) is 116 cm³/mol. The minimum absolute atomic E-state index is 0.0312. The molecule has 0 bridgehead atoms. The van der Waals surface area contributed by atoms with E-state index in [0.717, 1.165) is 6.42 Å². The Morgan fingerprint density at radius 1 is 1.03 bits per heavy atom. The molecule has 0 saturated heterocycles. The summed E-state index contributed by atoms with van der Waals surface area (Å²) in [4.78, 5) is 24.6. The Hall–Kier alpha value is -2.08. The van der Waals surface area contributed by atoms with Crippen molar-refractivity contribution in [3.05, 3.63) is 30.3 Å². The molecule has 0 saturated carbocycles. The highest BCUT2D eigenvalue weighted by atomic mass is 16.6. The van der Waals surface area contributed by atoms with Gasteiger partial charge in [-0.2, -0.15) is 0 Å². The standard InChI is InChI=1S/C24H38O6/c1-8-15-27-20(9-2)22(29-19-13-11-10-12-14-19)18(4)28-23(26)17(3)16-21(25)30-24(5,6)7/h10-14,17-18,20,22H,8-9,15-16H2,1-7H3/t17-,18-,20-,22-/m0/s1. The van der Waals surface area contributed by atoms with Crippen LogP contribution in [-0.4, -0.2) is 42.5 Å². The normalized spacial score (nSPS) is 15.6. The van der Waals surface area contributed by atoms with E-state index >= 15 is 0 Å². The van der Waals surface area contributed by atoms with Gasteiger partial charge in [-0.25, -0.2) is 0 Å². The number of carbonyl (C=O) groups excluding carboxylic acids is 2. The first-order valence-corrected chi connectivity index (χ1v) is 10.8. The van der Waals surface area contributed by atoms with Gasteiger partial charge in [0.2, 0.25) is 0 Å². The van der Waals surface area contributed by atoms with Crippen molar-refractivity contribution in [1.82, 2.24) is 0 Å². The van der Waals surface area contributed by atoms with Crippen molar-refractivity contribution < 1.29 is 28.5 Å². The fraction of sp³-hybridized carbons (Fsp3) is 0.667. The molecule has 0 radical (unpaired) electrons. The van der Waals surface area contributed by atoms with Gasteiger partial charge in [-0.1, -0.05) is 39.0 Å². The van der Waals surface area contributed by atoms with E-state index in [2.05, 4.69) is 0 Å². The molecular formula is C24H38O6. The first kappa shape index (κ1) is 26.0. The Morgan fingerprint density at radius 2 is 1.67 bits per heavy atom. The highest BCUT2D eigenvalue weighted by molar-refractivity contribution is 5.79. The van der Waals surface area contributed by atoms with Gasteiger partial charge < -0.3 is 18.9 Å². The summed E-state index contributed by atoms with van der Waals surface area (Å²) < 4.78 is 23.1. The summed E-state index contributed by atoms with van der Waals surface area (Å²) in [6.45, 7) is 13.5. The SMILES string of the molecule is CCCO[C@@H](CC)[C@@H](Oc1ccccc1)[C@H](C)OC(=O)[C@@H](C)CC(=O)OC(C)(C)C. The minimum Gasteiger partial charge on any atom is -0.484 e. The summed E-state index contributed by atoms with van der Waals surface area (Å²) in [6, 6.07) is 9.41. The van der Waals surface area contributed by atoms with Crippen LogP contribution in [0, 0.1) is 5.92 Å². The zero-order valence-electron chi connectivity index (χ0n) is 19.5. The second-order valence-electron chi connectivity index (χ2n) is 8.55. The molecule has 6 nitrogen and oxygen atoms in total. The largest absolute Gasteiger partial charge is 0.484 e. The maximum Gasteiger partial charge on any atom is 0.309 e.